The summed E-state index contributed by atoms with van der Waals surface area (Å²) in [5.41, 5.74) is 0. The monoisotopic (exact) mass is 174 g/mol. The van der Waals surface area contributed by atoms with E-state index in [9.17, 15) is 4.79 Å². The minimum atomic E-state index is -1.29. The lowest BCUT2D eigenvalue weighted by Gasteiger charge is -1.94. The van der Waals surface area contributed by atoms with Gasteiger partial charge in [-0.05, 0) is 0 Å². The molecule has 58 valence electrons. The maximum atomic E-state index is 10.2. The van der Waals surface area contributed by atoms with Crippen LogP contribution >= 0.6 is 11.6 Å². The Morgan fingerprint density at radius 1 is 1.64 bits per heavy atom. The molecule has 11 heavy (non-hydrogen) atoms. The minimum Gasteiger partial charge on any atom is -0.504 e. The molecule has 2 N–H and O–H groups in total. The van der Waals surface area contributed by atoms with Gasteiger partial charge in [0.15, 0.2) is 10.9 Å². The number of aromatic carboxylic acids is 1. The van der Waals surface area contributed by atoms with Gasteiger partial charge in [0.1, 0.15) is 0 Å². The number of hydrogen-bond donors (Lipinski definition) is 2. The van der Waals surface area contributed by atoms with Crippen molar-refractivity contribution in [1.29, 1.82) is 0 Å². The van der Waals surface area contributed by atoms with E-state index in [0.29, 0.717) is 0 Å². The van der Waals surface area contributed by atoms with Crippen LogP contribution < -0.4 is 0 Å². The van der Waals surface area contributed by atoms with E-state index in [2.05, 4.69) is 9.97 Å². The fourth-order valence-corrected chi connectivity index (χ4v) is 0.587. The molecule has 0 amide bonds. The molecule has 0 aromatic carbocycles. The second-order valence-corrected chi connectivity index (χ2v) is 2.03. The quantitative estimate of drug-likeness (QED) is 0.607. The SMILES string of the molecule is O=C(O)c1ncc(O)c(Cl)n1. The lowest BCUT2D eigenvalue weighted by molar-refractivity contribution is 0.0683. The van der Waals surface area contributed by atoms with Gasteiger partial charge in [-0.15, -0.1) is 0 Å². The van der Waals surface area contributed by atoms with Crippen LogP contribution in [0.5, 0.6) is 5.75 Å². The third-order valence-corrected chi connectivity index (χ3v) is 1.19. The zero-order valence-corrected chi connectivity index (χ0v) is 5.91. The number of nitrogens with zero attached hydrogens (tertiary/aromatic N) is 2. The van der Waals surface area contributed by atoms with E-state index in [1.54, 1.807) is 0 Å². The standard InChI is InChI=1S/C5H3ClN2O3/c6-3-2(9)1-7-4(8-3)5(10)11/h1,9H,(H,10,11). The van der Waals surface area contributed by atoms with Crippen LogP contribution in [0.25, 0.3) is 0 Å². The average molecular weight is 175 g/mol. The van der Waals surface area contributed by atoms with Gasteiger partial charge >= 0.3 is 5.97 Å². The predicted molar refractivity (Wildman–Crippen MR) is 35.7 cm³/mol. The number of rotatable bonds is 1. The lowest BCUT2D eigenvalue weighted by atomic mass is 10.5. The summed E-state index contributed by atoms with van der Waals surface area (Å²) in [5.74, 6) is -2.06. The van der Waals surface area contributed by atoms with Crippen LogP contribution in [0.3, 0.4) is 0 Å². The first kappa shape index (κ1) is 7.74. The summed E-state index contributed by atoms with van der Waals surface area (Å²) in [6.07, 6.45) is 0.929. The summed E-state index contributed by atoms with van der Waals surface area (Å²) in [4.78, 5) is 16.8. The van der Waals surface area contributed by atoms with E-state index in [0.717, 1.165) is 6.20 Å². The van der Waals surface area contributed by atoms with Gasteiger partial charge in [0, 0.05) is 0 Å². The van der Waals surface area contributed by atoms with Crippen LogP contribution in [0.1, 0.15) is 10.6 Å². The Bertz CT molecular complexity index is 302. The van der Waals surface area contributed by atoms with E-state index in [4.69, 9.17) is 21.8 Å². The lowest BCUT2D eigenvalue weighted by Crippen LogP contribution is -2.03. The highest BCUT2D eigenvalue weighted by molar-refractivity contribution is 6.30. The molecule has 0 aliphatic rings. The van der Waals surface area contributed by atoms with E-state index in [1.807, 2.05) is 0 Å². The molecule has 1 rings (SSSR count). The topological polar surface area (TPSA) is 83.3 Å². The molecule has 0 spiro atoms. The molecule has 0 saturated carbocycles. The van der Waals surface area contributed by atoms with Crippen LogP contribution in [0.2, 0.25) is 5.15 Å². The van der Waals surface area contributed by atoms with Gasteiger partial charge in [-0.2, -0.15) is 0 Å². The van der Waals surface area contributed by atoms with Crippen molar-refractivity contribution in [2.45, 2.75) is 0 Å². The summed E-state index contributed by atoms with van der Waals surface area (Å²) in [5, 5.41) is 16.8. The molecular weight excluding hydrogens is 172 g/mol. The van der Waals surface area contributed by atoms with E-state index >= 15 is 0 Å². The molecule has 0 atom stereocenters. The van der Waals surface area contributed by atoms with Gasteiger partial charge in [0.25, 0.3) is 0 Å². The maximum Gasteiger partial charge on any atom is 0.373 e. The molecule has 5 nitrogen and oxygen atoms in total. The largest absolute Gasteiger partial charge is 0.504 e. The number of aromatic hydroxyl groups is 1. The van der Waals surface area contributed by atoms with Crippen molar-refractivity contribution >= 4 is 17.6 Å². The van der Waals surface area contributed by atoms with Crippen LogP contribution in [0.15, 0.2) is 6.20 Å². The highest BCUT2D eigenvalue weighted by atomic mass is 35.5. The van der Waals surface area contributed by atoms with Crippen molar-refractivity contribution in [2.75, 3.05) is 0 Å². The molecule has 1 aromatic rings. The Kier molecular flexibility index (Phi) is 1.91. The summed E-state index contributed by atoms with van der Waals surface area (Å²) in [6, 6.07) is 0. The van der Waals surface area contributed by atoms with Gasteiger partial charge < -0.3 is 10.2 Å². The molecule has 1 heterocycles. The number of carbonyl (C=O) groups is 1. The van der Waals surface area contributed by atoms with Crippen LogP contribution in [0.4, 0.5) is 0 Å². The zero-order valence-electron chi connectivity index (χ0n) is 5.15. The third-order valence-electron chi connectivity index (χ3n) is 0.916. The van der Waals surface area contributed by atoms with E-state index in [-0.39, 0.29) is 10.9 Å². The van der Waals surface area contributed by atoms with Crippen molar-refractivity contribution in [3.63, 3.8) is 0 Å². The third kappa shape index (κ3) is 1.56. The molecular formula is C5H3ClN2O3. The summed E-state index contributed by atoms with van der Waals surface area (Å²) in [6.45, 7) is 0. The molecule has 0 unspecified atom stereocenters. The number of aromatic nitrogens is 2. The Balaban J connectivity index is 3.15. The smallest absolute Gasteiger partial charge is 0.373 e. The number of hydrogen-bond acceptors (Lipinski definition) is 4. The van der Waals surface area contributed by atoms with Crippen molar-refractivity contribution in [1.82, 2.24) is 9.97 Å². The molecule has 1 aromatic heterocycles. The highest BCUT2D eigenvalue weighted by Gasteiger charge is 2.08. The van der Waals surface area contributed by atoms with Crippen LogP contribution in [0, 0.1) is 0 Å². The first-order valence-electron chi connectivity index (χ1n) is 2.56. The first-order valence-corrected chi connectivity index (χ1v) is 2.94. The summed E-state index contributed by atoms with van der Waals surface area (Å²) >= 11 is 5.29. The van der Waals surface area contributed by atoms with Crippen molar-refractivity contribution in [2.24, 2.45) is 0 Å². The zero-order chi connectivity index (χ0) is 8.43. The highest BCUT2D eigenvalue weighted by Crippen LogP contribution is 2.17. The molecule has 0 aliphatic carbocycles. The Morgan fingerprint density at radius 2 is 2.27 bits per heavy atom. The molecule has 0 radical (unpaired) electrons. The van der Waals surface area contributed by atoms with E-state index < -0.39 is 11.8 Å². The Labute approximate surface area is 66.3 Å². The predicted octanol–water partition coefficient (Wildman–Crippen LogP) is 0.534. The fraction of sp³-hybridized carbons (Fsp3) is 0. The second-order valence-electron chi connectivity index (χ2n) is 1.67. The molecule has 6 heteroatoms. The van der Waals surface area contributed by atoms with Gasteiger partial charge in [-0.25, -0.2) is 14.8 Å². The number of carboxylic acids is 1. The Morgan fingerprint density at radius 3 is 2.73 bits per heavy atom. The van der Waals surface area contributed by atoms with Gasteiger partial charge in [0.2, 0.25) is 5.82 Å². The fourth-order valence-electron chi connectivity index (χ4n) is 0.458. The molecule has 0 aliphatic heterocycles. The normalized spacial score (nSPS) is 9.55. The minimum absolute atomic E-state index is 0.266. The van der Waals surface area contributed by atoms with E-state index in [1.165, 1.54) is 0 Å². The first-order chi connectivity index (χ1) is 5.11. The van der Waals surface area contributed by atoms with Gasteiger partial charge in [-0.1, -0.05) is 11.6 Å². The number of halogens is 1. The van der Waals surface area contributed by atoms with Gasteiger partial charge in [0.05, 0.1) is 6.20 Å². The Hall–Kier alpha value is -1.36. The molecule has 0 bridgehead atoms. The summed E-state index contributed by atoms with van der Waals surface area (Å²) in [7, 11) is 0. The molecule has 0 fully saturated rings. The van der Waals surface area contributed by atoms with Crippen LogP contribution in [-0.4, -0.2) is 26.2 Å². The summed E-state index contributed by atoms with van der Waals surface area (Å²) < 4.78 is 0. The van der Waals surface area contributed by atoms with Crippen molar-refractivity contribution in [3.05, 3.63) is 17.2 Å². The second kappa shape index (κ2) is 2.71. The van der Waals surface area contributed by atoms with Crippen LogP contribution in [-0.2, 0) is 0 Å². The van der Waals surface area contributed by atoms with Gasteiger partial charge in [-0.3, -0.25) is 0 Å². The number of carboxylic acid groups (broad SMARTS) is 1. The van der Waals surface area contributed by atoms with Crippen molar-refractivity contribution in [3.8, 4) is 5.75 Å². The average Bonchev–Trinajstić information content (AvgIpc) is 1.94. The maximum absolute atomic E-state index is 10.2. The molecule has 0 saturated heterocycles. The van der Waals surface area contributed by atoms with Crippen molar-refractivity contribution < 1.29 is 15.0 Å².